The molecule has 0 atom stereocenters. The Bertz CT molecular complexity index is 1740. The Morgan fingerprint density at radius 1 is 1.16 bits per heavy atom. The van der Waals surface area contributed by atoms with E-state index in [9.17, 15) is 28.0 Å². The fraction of sp³-hybridized carbons (Fsp3) is 0.355. The lowest BCUT2D eigenvalue weighted by atomic mass is 10.0. The van der Waals surface area contributed by atoms with E-state index >= 15 is 0 Å². The summed E-state index contributed by atoms with van der Waals surface area (Å²) in [5.74, 6) is 0. The zero-order valence-electron chi connectivity index (χ0n) is 26.3. The summed E-state index contributed by atoms with van der Waals surface area (Å²) in [6, 6.07) is 12.7. The monoisotopic (exact) mass is 644 g/mol. The number of aromatic nitrogens is 4. The molecule has 2 aromatic carbocycles. The first-order valence-electron chi connectivity index (χ1n) is 13.9. The smallest absolute Gasteiger partial charge is 0.338 e. The first-order chi connectivity index (χ1) is 21.2. The fourth-order valence-electron chi connectivity index (χ4n) is 4.64. The molecule has 0 bridgehead atoms. The first kappa shape index (κ1) is 35.2. The number of carbonyl (C=O) groups excluding carboxylic acids is 1. The van der Waals surface area contributed by atoms with Crippen LogP contribution in [0.2, 0.25) is 0 Å². The molecule has 0 aliphatic rings. The number of hydrogen-bond acceptors (Lipinski definition) is 6. The third-order valence-corrected chi connectivity index (χ3v) is 7.12. The molecule has 2 heterocycles. The summed E-state index contributed by atoms with van der Waals surface area (Å²) in [5.41, 5.74) is 1.01. The van der Waals surface area contributed by atoms with Crippen LogP contribution in [0.3, 0.4) is 0 Å². The predicted molar refractivity (Wildman–Crippen MR) is 169 cm³/mol. The van der Waals surface area contributed by atoms with Crippen molar-refractivity contribution in [3.05, 3.63) is 87.6 Å². The molecule has 14 heteroatoms. The summed E-state index contributed by atoms with van der Waals surface area (Å²) in [5, 5.41) is 16.6. The van der Waals surface area contributed by atoms with Crippen molar-refractivity contribution in [1.29, 1.82) is 5.26 Å². The van der Waals surface area contributed by atoms with E-state index in [-0.39, 0.29) is 23.6 Å². The third-order valence-electron chi connectivity index (χ3n) is 6.79. The molecule has 0 unspecified atom stereocenters. The van der Waals surface area contributed by atoms with Gasteiger partial charge in [0.05, 0.1) is 81.0 Å². The highest BCUT2D eigenvalue weighted by Gasteiger charge is 2.32. The van der Waals surface area contributed by atoms with Crippen LogP contribution in [0.5, 0.6) is 0 Å². The number of amides is 1. The van der Waals surface area contributed by atoms with Gasteiger partial charge in [0.2, 0.25) is 0 Å². The van der Waals surface area contributed by atoms with Crippen LogP contribution in [0.1, 0.15) is 29.3 Å². The van der Waals surface area contributed by atoms with Crippen molar-refractivity contribution >= 4 is 18.1 Å². The molecule has 0 aliphatic heterocycles. The van der Waals surface area contributed by atoms with E-state index < -0.39 is 23.5 Å². The number of hydrogen-bond donors (Lipinski definition) is 1. The maximum atomic E-state index is 13.7. The standard InChI is InChI=1S/C29H30F3N7O2.C2H6OS/c1-6-34-27(40)37-26(19(2)36(28(37)41)23-9-7-8-22(17-23)29(30,31)32)25-12-14-35-38(25)24-11-10-20(18-33)16-21(24)13-15-39(3,4)5;1-3-4-2/h7-12,14,16-17H,6,13,15H2,1-5H3;1-2H3/p+1. The molecule has 4 rings (SSSR count). The number of rotatable bonds is 8. The summed E-state index contributed by atoms with van der Waals surface area (Å²) < 4.78 is 49.2. The first-order valence-corrected chi connectivity index (χ1v) is 15.1. The van der Waals surface area contributed by atoms with Gasteiger partial charge >= 0.3 is 17.9 Å². The van der Waals surface area contributed by atoms with Crippen LogP contribution in [0, 0.1) is 18.3 Å². The molecule has 0 radical (unpaired) electrons. The van der Waals surface area contributed by atoms with Gasteiger partial charge in [-0.15, -0.1) is 0 Å². The van der Waals surface area contributed by atoms with Crippen molar-refractivity contribution in [3.63, 3.8) is 0 Å². The lowest BCUT2D eigenvalue weighted by Crippen LogP contribution is -2.37. The number of halogens is 3. The Hall–Kier alpha value is -4.32. The van der Waals surface area contributed by atoms with Gasteiger partial charge in [-0.05, 0) is 73.9 Å². The third kappa shape index (κ3) is 8.24. The highest BCUT2D eigenvalue weighted by atomic mass is 32.2. The molecule has 0 fully saturated rings. The second kappa shape index (κ2) is 14.6. The summed E-state index contributed by atoms with van der Waals surface area (Å²) in [6.45, 7) is 4.25. The summed E-state index contributed by atoms with van der Waals surface area (Å²) in [6.07, 6.45) is -0.610. The minimum absolute atomic E-state index is 0.0281. The van der Waals surface area contributed by atoms with Crippen LogP contribution in [0.4, 0.5) is 18.0 Å². The number of imidazole rings is 1. The molecule has 240 valence electrons. The zero-order chi connectivity index (χ0) is 33.5. The number of nitriles is 1. The maximum absolute atomic E-state index is 13.7. The highest BCUT2D eigenvalue weighted by Crippen LogP contribution is 2.32. The van der Waals surface area contributed by atoms with Crippen LogP contribution in [0.25, 0.3) is 22.8 Å². The topological polar surface area (TPSA) is 107 Å². The van der Waals surface area contributed by atoms with Crippen molar-refractivity contribution in [1.82, 2.24) is 24.2 Å². The van der Waals surface area contributed by atoms with E-state index in [1.54, 1.807) is 49.9 Å². The molecule has 1 N–H and O–H groups in total. The second-order valence-electron chi connectivity index (χ2n) is 11.0. The normalized spacial score (nSPS) is 11.5. The zero-order valence-corrected chi connectivity index (χ0v) is 27.1. The van der Waals surface area contributed by atoms with Crippen LogP contribution in [0.15, 0.2) is 59.5 Å². The molecule has 2 aromatic heterocycles. The summed E-state index contributed by atoms with van der Waals surface area (Å²) in [7, 11) is 7.80. The predicted octanol–water partition coefficient (Wildman–Crippen LogP) is 5.43. The van der Waals surface area contributed by atoms with Gasteiger partial charge < -0.3 is 14.0 Å². The van der Waals surface area contributed by atoms with Gasteiger partial charge in [-0.3, -0.25) is 4.57 Å². The minimum Gasteiger partial charge on any atom is -0.338 e. The molecular formula is C31H37F3N7O3S+. The molecule has 1 amide bonds. The molecule has 0 saturated carbocycles. The average Bonchev–Trinajstić information content (AvgIpc) is 3.56. The van der Waals surface area contributed by atoms with Gasteiger partial charge in [-0.25, -0.2) is 18.8 Å². The Balaban J connectivity index is 0.00000130. The number of alkyl halides is 3. The SMILES string of the molecule is CCNC(=O)n1c(-c2ccnn2-c2ccc(C#N)cc2CC[N+](C)(C)C)c(C)n(-c2cccc(C(F)(F)F)c2)c1=O.COSC. The van der Waals surface area contributed by atoms with Gasteiger partial charge in [0.15, 0.2) is 0 Å². The van der Waals surface area contributed by atoms with Gasteiger partial charge in [0.25, 0.3) is 0 Å². The largest absolute Gasteiger partial charge is 0.416 e. The molecule has 0 aliphatic carbocycles. The van der Waals surface area contributed by atoms with E-state index in [0.717, 1.165) is 33.4 Å². The molecule has 10 nitrogen and oxygen atoms in total. The van der Waals surface area contributed by atoms with Crippen LogP contribution in [-0.4, -0.2) is 77.0 Å². The van der Waals surface area contributed by atoms with Gasteiger partial charge in [0, 0.05) is 19.2 Å². The van der Waals surface area contributed by atoms with E-state index in [2.05, 4.69) is 41.8 Å². The Labute approximate surface area is 264 Å². The van der Waals surface area contributed by atoms with Crippen LogP contribution < -0.4 is 11.0 Å². The van der Waals surface area contributed by atoms with Gasteiger partial charge in [0.1, 0.15) is 5.69 Å². The average molecular weight is 645 g/mol. The number of carbonyl (C=O) groups is 1. The van der Waals surface area contributed by atoms with E-state index in [1.165, 1.54) is 30.4 Å². The van der Waals surface area contributed by atoms with Gasteiger partial charge in [-0.1, -0.05) is 6.07 Å². The fourth-order valence-corrected chi connectivity index (χ4v) is 4.64. The quantitative estimate of drug-likeness (QED) is 0.203. The molecule has 4 aromatic rings. The molecular weight excluding hydrogens is 607 g/mol. The van der Waals surface area contributed by atoms with E-state index in [0.29, 0.717) is 27.8 Å². The number of quaternary nitrogens is 1. The second-order valence-corrected chi connectivity index (χ2v) is 11.6. The minimum atomic E-state index is -4.62. The lowest BCUT2D eigenvalue weighted by Gasteiger charge is -2.24. The van der Waals surface area contributed by atoms with Crippen molar-refractivity contribution in [3.8, 4) is 28.8 Å². The lowest BCUT2D eigenvalue weighted by molar-refractivity contribution is -0.870. The molecule has 0 saturated heterocycles. The van der Waals surface area contributed by atoms with Crippen LogP contribution in [-0.2, 0) is 16.8 Å². The number of benzene rings is 2. The van der Waals surface area contributed by atoms with Crippen LogP contribution >= 0.6 is 12.0 Å². The van der Waals surface area contributed by atoms with Crippen molar-refractivity contribution < 1.29 is 26.6 Å². The Morgan fingerprint density at radius 3 is 2.42 bits per heavy atom. The van der Waals surface area contributed by atoms with Crippen molar-refractivity contribution in [2.24, 2.45) is 0 Å². The molecule has 45 heavy (non-hydrogen) atoms. The maximum Gasteiger partial charge on any atom is 0.416 e. The summed E-state index contributed by atoms with van der Waals surface area (Å²) in [4.78, 5) is 26.9. The van der Waals surface area contributed by atoms with Crippen molar-refractivity contribution in [2.45, 2.75) is 26.4 Å². The van der Waals surface area contributed by atoms with E-state index in [4.69, 9.17) is 0 Å². The van der Waals surface area contributed by atoms with E-state index in [1.807, 2.05) is 6.26 Å². The highest BCUT2D eigenvalue weighted by molar-refractivity contribution is 7.93. The molecule has 0 spiro atoms. The number of nitrogens with zero attached hydrogens (tertiary/aromatic N) is 6. The van der Waals surface area contributed by atoms with Gasteiger partial charge in [-0.2, -0.15) is 23.5 Å². The number of likely N-dealkylation sites (N-methyl/N-ethyl adjacent to an activating group) is 1. The van der Waals surface area contributed by atoms with Crippen molar-refractivity contribution in [2.75, 3.05) is 47.6 Å². The number of nitrogens with one attached hydrogen (secondary N) is 1. The Kier molecular flexibility index (Phi) is 11.4. The summed E-state index contributed by atoms with van der Waals surface area (Å²) >= 11 is 1.36. The Morgan fingerprint density at radius 2 is 1.84 bits per heavy atom.